The van der Waals surface area contributed by atoms with Crippen molar-refractivity contribution in [3.05, 3.63) is 71.0 Å². The van der Waals surface area contributed by atoms with Crippen LogP contribution in [0.1, 0.15) is 50.6 Å². The number of ether oxygens (including phenoxy) is 1. The fraction of sp³-hybridized carbons (Fsp3) is 0.300. The monoisotopic (exact) mass is 367 g/mol. The molecule has 0 amide bonds. The van der Waals surface area contributed by atoms with E-state index in [1.54, 1.807) is 26.2 Å². The Morgan fingerprint density at radius 3 is 2.63 bits per heavy atom. The van der Waals surface area contributed by atoms with Crippen LogP contribution in [0.3, 0.4) is 0 Å². The lowest BCUT2D eigenvalue weighted by Gasteiger charge is -2.12. The zero-order chi connectivity index (χ0) is 19.6. The highest BCUT2D eigenvalue weighted by Crippen LogP contribution is 2.20. The molecule has 0 aliphatic rings. The van der Waals surface area contributed by atoms with Gasteiger partial charge in [0.1, 0.15) is 5.76 Å². The van der Waals surface area contributed by atoms with E-state index in [-0.39, 0.29) is 11.5 Å². The minimum absolute atomic E-state index is 0.0727. The minimum atomic E-state index is -0.932. The standard InChI is InChI=1S/C20H21N3O4/c1-12-9-22-18(10-21-12)20(25)27-15(4)19(24)17-8-13(2)23(14(17)3)11-16-6-5-7-26-16/h5-10,15H,11H2,1-4H3/t15-/m1/s1. The van der Waals surface area contributed by atoms with Gasteiger partial charge in [-0.3, -0.25) is 9.78 Å². The van der Waals surface area contributed by atoms with Gasteiger partial charge in [0.25, 0.3) is 0 Å². The van der Waals surface area contributed by atoms with E-state index in [9.17, 15) is 9.59 Å². The second-order valence-electron chi connectivity index (χ2n) is 6.41. The van der Waals surface area contributed by atoms with Gasteiger partial charge in [0.15, 0.2) is 11.8 Å². The predicted molar refractivity (Wildman–Crippen MR) is 97.7 cm³/mol. The Bertz CT molecular complexity index is 956. The van der Waals surface area contributed by atoms with Crippen LogP contribution in [-0.4, -0.2) is 32.4 Å². The minimum Gasteiger partial charge on any atom is -0.467 e. The smallest absolute Gasteiger partial charge is 0.359 e. The molecule has 0 saturated heterocycles. The first-order valence-corrected chi connectivity index (χ1v) is 8.59. The van der Waals surface area contributed by atoms with Crippen LogP contribution in [0.15, 0.2) is 41.3 Å². The molecule has 140 valence electrons. The number of hydrogen-bond donors (Lipinski definition) is 0. The van der Waals surface area contributed by atoms with Gasteiger partial charge < -0.3 is 13.7 Å². The zero-order valence-corrected chi connectivity index (χ0v) is 15.7. The molecule has 0 aromatic carbocycles. The molecule has 0 spiro atoms. The molecule has 0 aliphatic carbocycles. The van der Waals surface area contributed by atoms with Crippen LogP contribution >= 0.6 is 0 Å². The van der Waals surface area contributed by atoms with E-state index >= 15 is 0 Å². The first-order valence-electron chi connectivity index (χ1n) is 8.59. The number of hydrogen-bond acceptors (Lipinski definition) is 6. The number of aromatic nitrogens is 3. The first-order chi connectivity index (χ1) is 12.9. The molecule has 7 heteroatoms. The highest BCUT2D eigenvalue weighted by molar-refractivity contribution is 6.02. The largest absolute Gasteiger partial charge is 0.467 e. The summed E-state index contributed by atoms with van der Waals surface area (Å²) in [7, 11) is 0. The summed E-state index contributed by atoms with van der Waals surface area (Å²) in [6.07, 6.45) is 3.50. The maximum absolute atomic E-state index is 12.8. The molecule has 0 aliphatic heterocycles. The van der Waals surface area contributed by atoms with E-state index in [1.165, 1.54) is 12.4 Å². The van der Waals surface area contributed by atoms with Crippen molar-refractivity contribution in [3.8, 4) is 0 Å². The third-order valence-corrected chi connectivity index (χ3v) is 4.38. The Balaban J connectivity index is 1.75. The summed E-state index contributed by atoms with van der Waals surface area (Å²) in [5.41, 5.74) is 3.01. The molecule has 7 nitrogen and oxygen atoms in total. The molecule has 3 rings (SSSR count). The molecule has 0 bridgehead atoms. The quantitative estimate of drug-likeness (QED) is 0.491. The molecule has 3 heterocycles. The number of furan rings is 1. The summed E-state index contributed by atoms with van der Waals surface area (Å²) in [6.45, 7) is 7.65. The normalized spacial score (nSPS) is 12.0. The van der Waals surface area contributed by atoms with Crippen molar-refractivity contribution in [2.24, 2.45) is 0 Å². The Kier molecular flexibility index (Phi) is 5.21. The van der Waals surface area contributed by atoms with Gasteiger partial charge >= 0.3 is 5.97 Å². The van der Waals surface area contributed by atoms with Gasteiger partial charge in [-0.25, -0.2) is 9.78 Å². The summed E-state index contributed by atoms with van der Waals surface area (Å²) in [6, 6.07) is 5.51. The van der Waals surface area contributed by atoms with Gasteiger partial charge in [0.05, 0.1) is 24.7 Å². The van der Waals surface area contributed by atoms with Gasteiger partial charge in [-0.2, -0.15) is 0 Å². The number of aryl methyl sites for hydroxylation is 2. The molecule has 3 aromatic heterocycles. The molecule has 1 atom stereocenters. The van der Waals surface area contributed by atoms with Crippen molar-refractivity contribution in [2.75, 3.05) is 0 Å². The predicted octanol–water partition coefficient (Wildman–Crippen LogP) is 3.27. The third-order valence-electron chi connectivity index (χ3n) is 4.38. The summed E-state index contributed by atoms with van der Waals surface area (Å²) in [4.78, 5) is 33.0. The van der Waals surface area contributed by atoms with Crippen LogP contribution in [-0.2, 0) is 11.3 Å². The Labute approximate surface area is 157 Å². The topological polar surface area (TPSA) is 87.2 Å². The summed E-state index contributed by atoms with van der Waals surface area (Å²) in [5, 5.41) is 0. The Morgan fingerprint density at radius 1 is 1.22 bits per heavy atom. The van der Waals surface area contributed by atoms with Gasteiger partial charge in [-0.15, -0.1) is 0 Å². The first kappa shape index (κ1) is 18.6. The van der Waals surface area contributed by atoms with Crippen LogP contribution in [0, 0.1) is 20.8 Å². The molecule has 0 radical (unpaired) electrons. The van der Waals surface area contributed by atoms with E-state index in [2.05, 4.69) is 9.97 Å². The lowest BCUT2D eigenvalue weighted by Crippen LogP contribution is -2.25. The van der Waals surface area contributed by atoms with Crippen LogP contribution in [0.25, 0.3) is 0 Å². The average Bonchev–Trinajstić information content (AvgIpc) is 3.25. The highest BCUT2D eigenvalue weighted by Gasteiger charge is 2.25. The molecular formula is C20H21N3O4. The van der Waals surface area contributed by atoms with Crippen molar-refractivity contribution in [3.63, 3.8) is 0 Å². The fourth-order valence-corrected chi connectivity index (χ4v) is 2.84. The lowest BCUT2D eigenvalue weighted by molar-refractivity contribution is 0.0312. The van der Waals surface area contributed by atoms with Crippen LogP contribution in [0.4, 0.5) is 0 Å². The molecule has 0 N–H and O–H groups in total. The number of carbonyl (C=O) groups is 2. The molecule has 27 heavy (non-hydrogen) atoms. The van der Waals surface area contributed by atoms with E-state index in [0.29, 0.717) is 17.8 Å². The number of rotatable bonds is 6. The van der Waals surface area contributed by atoms with E-state index in [1.807, 2.05) is 30.5 Å². The number of ketones is 1. The van der Waals surface area contributed by atoms with Crippen molar-refractivity contribution >= 4 is 11.8 Å². The van der Waals surface area contributed by atoms with Crippen molar-refractivity contribution in [1.82, 2.24) is 14.5 Å². The van der Waals surface area contributed by atoms with Crippen molar-refractivity contribution in [2.45, 2.75) is 40.3 Å². The van der Waals surface area contributed by atoms with Gasteiger partial charge in [-0.1, -0.05) is 0 Å². The number of esters is 1. The lowest BCUT2D eigenvalue weighted by atomic mass is 10.1. The maximum Gasteiger partial charge on any atom is 0.359 e. The summed E-state index contributed by atoms with van der Waals surface area (Å²) in [5.74, 6) is -0.136. The van der Waals surface area contributed by atoms with Crippen molar-refractivity contribution in [1.29, 1.82) is 0 Å². The van der Waals surface area contributed by atoms with Crippen LogP contribution in [0.2, 0.25) is 0 Å². The second kappa shape index (κ2) is 7.57. The van der Waals surface area contributed by atoms with E-state index in [0.717, 1.165) is 17.1 Å². The number of carbonyl (C=O) groups excluding carboxylic acids is 2. The SMILES string of the molecule is Cc1cnc(C(=O)O[C@H](C)C(=O)c2cc(C)n(Cc3ccco3)c2C)cn1. The van der Waals surface area contributed by atoms with Crippen LogP contribution in [0.5, 0.6) is 0 Å². The molecule has 0 saturated carbocycles. The second-order valence-corrected chi connectivity index (χ2v) is 6.41. The zero-order valence-electron chi connectivity index (χ0n) is 15.7. The van der Waals surface area contributed by atoms with Gasteiger partial charge in [0.2, 0.25) is 5.78 Å². The van der Waals surface area contributed by atoms with Crippen molar-refractivity contribution < 1.29 is 18.7 Å². The third kappa shape index (κ3) is 3.97. The highest BCUT2D eigenvalue weighted by atomic mass is 16.5. The number of Topliss-reactive ketones (excluding diaryl/α,β-unsaturated/α-hetero) is 1. The van der Waals surface area contributed by atoms with Gasteiger partial charge in [0, 0.05) is 23.1 Å². The van der Waals surface area contributed by atoms with E-state index < -0.39 is 12.1 Å². The molecule has 3 aromatic rings. The summed E-state index contributed by atoms with van der Waals surface area (Å²) < 4.78 is 12.7. The Hall–Kier alpha value is -3.22. The maximum atomic E-state index is 12.8. The van der Waals surface area contributed by atoms with E-state index in [4.69, 9.17) is 9.15 Å². The number of nitrogens with zero attached hydrogens (tertiary/aromatic N) is 3. The summed E-state index contributed by atoms with van der Waals surface area (Å²) >= 11 is 0. The molecule has 0 fully saturated rings. The van der Waals surface area contributed by atoms with Crippen LogP contribution < -0.4 is 0 Å². The molecular weight excluding hydrogens is 346 g/mol. The van der Waals surface area contributed by atoms with Gasteiger partial charge in [-0.05, 0) is 45.9 Å². The molecule has 0 unspecified atom stereocenters. The Morgan fingerprint density at radius 2 is 2.00 bits per heavy atom. The average molecular weight is 367 g/mol. The fourth-order valence-electron chi connectivity index (χ4n) is 2.84.